The van der Waals surface area contributed by atoms with Crippen LogP contribution in [0.25, 0.3) is 0 Å². The molecule has 3 rings (SSSR count). The minimum absolute atomic E-state index is 0.645. The number of hydrogen-bond donors (Lipinski definition) is 1. The first-order valence-corrected chi connectivity index (χ1v) is 9.34. The Hall–Kier alpha value is -1.39. The van der Waals surface area contributed by atoms with E-state index in [1.807, 2.05) is 0 Å². The SMILES string of the molecule is CN1CCN(CCc2ccc(C3(C(=O)O)CCCCC3)cc2)CC1. The normalized spacial score (nSPS) is 22.4. The predicted octanol–water partition coefficient (Wildman–Crippen LogP) is 2.76. The Balaban J connectivity index is 1.61. The van der Waals surface area contributed by atoms with Crippen molar-refractivity contribution in [2.75, 3.05) is 39.8 Å². The van der Waals surface area contributed by atoms with Crippen LogP contribution in [0.15, 0.2) is 24.3 Å². The summed E-state index contributed by atoms with van der Waals surface area (Å²) in [4.78, 5) is 16.8. The lowest BCUT2D eigenvalue weighted by Crippen LogP contribution is -2.45. The highest BCUT2D eigenvalue weighted by Gasteiger charge is 2.41. The molecule has 132 valence electrons. The molecule has 1 aliphatic heterocycles. The minimum Gasteiger partial charge on any atom is -0.481 e. The number of hydrogen-bond acceptors (Lipinski definition) is 3. The van der Waals surface area contributed by atoms with Crippen LogP contribution >= 0.6 is 0 Å². The van der Waals surface area contributed by atoms with Crippen LogP contribution in [0.4, 0.5) is 0 Å². The molecule has 24 heavy (non-hydrogen) atoms. The Labute approximate surface area is 145 Å². The molecule has 0 bridgehead atoms. The number of carboxylic acids is 1. The van der Waals surface area contributed by atoms with Crippen molar-refractivity contribution >= 4 is 5.97 Å². The van der Waals surface area contributed by atoms with Crippen molar-refractivity contribution in [1.29, 1.82) is 0 Å². The van der Waals surface area contributed by atoms with Crippen molar-refractivity contribution in [1.82, 2.24) is 9.80 Å². The van der Waals surface area contributed by atoms with Gasteiger partial charge >= 0.3 is 5.97 Å². The summed E-state index contributed by atoms with van der Waals surface area (Å²) in [6.45, 7) is 5.70. The van der Waals surface area contributed by atoms with Gasteiger partial charge in [-0.25, -0.2) is 0 Å². The van der Waals surface area contributed by atoms with Crippen molar-refractivity contribution in [2.24, 2.45) is 0 Å². The van der Waals surface area contributed by atoms with Gasteiger partial charge in [0, 0.05) is 32.7 Å². The molecule has 0 unspecified atom stereocenters. The van der Waals surface area contributed by atoms with Crippen LogP contribution in [0.5, 0.6) is 0 Å². The summed E-state index contributed by atoms with van der Waals surface area (Å²) in [5, 5.41) is 9.80. The minimum atomic E-state index is -0.646. The number of aliphatic carboxylic acids is 1. The zero-order chi connectivity index (χ0) is 17.0. The standard InChI is InChI=1S/C20H30N2O2/c1-21-13-15-22(16-14-21)12-9-17-5-7-18(8-6-17)20(19(23)24)10-3-2-4-11-20/h5-8H,2-4,9-16H2,1H3,(H,23,24). The Bertz CT molecular complexity index is 541. The third-order valence-corrected chi connectivity index (χ3v) is 5.94. The van der Waals surface area contributed by atoms with Gasteiger partial charge in [0.2, 0.25) is 0 Å². The van der Waals surface area contributed by atoms with E-state index in [1.54, 1.807) is 0 Å². The topological polar surface area (TPSA) is 43.8 Å². The zero-order valence-corrected chi connectivity index (χ0v) is 14.8. The average molecular weight is 330 g/mol. The van der Waals surface area contributed by atoms with Crippen molar-refractivity contribution < 1.29 is 9.90 Å². The highest BCUT2D eigenvalue weighted by molar-refractivity contribution is 5.81. The Kier molecular flexibility index (Phi) is 5.57. The number of rotatable bonds is 5. The summed E-state index contributed by atoms with van der Waals surface area (Å²) in [5.74, 6) is -0.646. The number of carboxylic acid groups (broad SMARTS) is 1. The molecular weight excluding hydrogens is 300 g/mol. The van der Waals surface area contributed by atoms with Crippen molar-refractivity contribution in [3.8, 4) is 0 Å². The Morgan fingerprint density at radius 1 is 1.04 bits per heavy atom. The lowest BCUT2D eigenvalue weighted by atomic mass is 9.69. The summed E-state index contributed by atoms with van der Waals surface area (Å²) in [7, 11) is 2.18. The maximum atomic E-state index is 11.9. The van der Waals surface area contributed by atoms with Gasteiger partial charge in [-0.15, -0.1) is 0 Å². The third-order valence-electron chi connectivity index (χ3n) is 5.94. The van der Waals surface area contributed by atoms with Gasteiger partial charge in [-0.05, 0) is 37.4 Å². The van der Waals surface area contributed by atoms with E-state index in [2.05, 4.69) is 41.1 Å². The van der Waals surface area contributed by atoms with Crippen molar-refractivity contribution in [3.05, 3.63) is 35.4 Å². The molecule has 0 atom stereocenters. The monoisotopic (exact) mass is 330 g/mol. The van der Waals surface area contributed by atoms with Crippen LogP contribution in [0.2, 0.25) is 0 Å². The Morgan fingerprint density at radius 3 is 2.25 bits per heavy atom. The molecule has 1 aromatic rings. The molecule has 0 amide bonds. The number of nitrogens with zero attached hydrogens (tertiary/aromatic N) is 2. The van der Waals surface area contributed by atoms with Gasteiger partial charge in [-0.2, -0.15) is 0 Å². The molecule has 2 aliphatic rings. The van der Waals surface area contributed by atoms with E-state index in [0.29, 0.717) is 0 Å². The van der Waals surface area contributed by atoms with Gasteiger partial charge in [0.1, 0.15) is 0 Å². The van der Waals surface area contributed by atoms with Crippen LogP contribution in [0.3, 0.4) is 0 Å². The van der Waals surface area contributed by atoms with E-state index in [4.69, 9.17) is 0 Å². The largest absolute Gasteiger partial charge is 0.481 e. The van der Waals surface area contributed by atoms with E-state index in [0.717, 1.165) is 76.8 Å². The van der Waals surface area contributed by atoms with E-state index >= 15 is 0 Å². The lowest BCUT2D eigenvalue weighted by Gasteiger charge is -2.34. The first-order chi connectivity index (χ1) is 11.6. The molecule has 0 radical (unpaired) electrons. The van der Waals surface area contributed by atoms with Crippen LogP contribution in [0, 0.1) is 0 Å². The van der Waals surface area contributed by atoms with Gasteiger partial charge in [-0.1, -0.05) is 43.5 Å². The fraction of sp³-hybridized carbons (Fsp3) is 0.650. The van der Waals surface area contributed by atoms with Gasteiger partial charge < -0.3 is 14.9 Å². The molecule has 1 N–H and O–H groups in total. The molecule has 0 spiro atoms. The molecule has 4 heteroatoms. The second-order valence-corrected chi connectivity index (χ2v) is 7.54. The second-order valence-electron chi connectivity index (χ2n) is 7.54. The smallest absolute Gasteiger partial charge is 0.314 e. The maximum Gasteiger partial charge on any atom is 0.314 e. The number of benzene rings is 1. The van der Waals surface area contributed by atoms with Gasteiger partial charge in [0.05, 0.1) is 5.41 Å². The first-order valence-electron chi connectivity index (χ1n) is 9.34. The van der Waals surface area contributed by atoms with E-state index in [-0.39, 0.29) is 0 Å². The summed E-state index contributed by atoms with van der Waals surface area (Å²) in [6.07, 6.45) is 5.82. The van der Waals surface area contributed by atoms with Gasteiger partial charge in [0.15, 0.2) is 0 Å². The van der Waals surface area contributed by atoms with Crippen molar-refractivity contribution in [3.63, 3.8) is 0 Å². The fourth-order valence-electron chi connectivity index (χ4n) is 4.13. The van der Waals surface area contributed by atoms with E-state index in [1.165, 1.54) is 5.56 Å². The number of likely N-dealkylation sites (N-methyl/N-ethyl adjacent to an activating group) is 1. The molecular formula is C20H30N2O2. The predicted molar refractivity (Wildman–Crippen MR) is 96.5 cm³/mol. The summed E-state index contributed by atoms with van der Waals surface area (Å²) in [5.41, 5.74) is 1.67. The number of carbonyl (C=O) groups is 1. The van der Waals surface area contributed by atoms with Gasteiger partial charge in [-0.3, -0.25) is 4.79 Å². The summed E-state index contributed by atoms with van der Waals surface area (Å²) < 4.78 is 0. The molecule has 2 fully saturated rings. The summed E-state index contributed by atoms with van der Waals surface area (Å²) in [6, 6.07) is 8.42. The average Bonchev–Trinajstić information content (AvgIpc) is 2.62. The van der Waals surface area contributed by atoms with E-state index in [9.17, 15) is 9.90 Å². The number of piperazine rings is 1. The molecule has 4 nitrogen and oxygen atoms in total. The second kappa shape index (κ2) is 7.66. The van der Waals surface area contributed by atoms with Crippen LogP contribution in [-0.4, -0.2) is 60.6 Å². The van der Waals surface area contributed by atoms with Gasteiger partial charge in [0.25, 0.3) is 0 Å². The van der Waals surface area contributed by atoms with Crippen molar-refractivity contribution in [2.45, 2.75) is 43.9 Å². The highest BCUT2D eigenvalue weighted by atomic mass is 16.4. The van der Waals surface area contributed by atoms with Crippen LogP contribution < -0.4 is 0 Å². The first kappa shape index (κ1) is 17.4. The van der Waals surface area contributed by atoms with Crippen LogP contribution in [0.1, 0.15) is 43.2 Å². The highest BCUT2D eigenvalue weighted by Crippen LogP contribution is 2.39. The third kappa shape index (κ3) is 3.81. The zero-order valence-electron chi connectivity index (χ0n) is 14.8. The molecule has 1 aromatic carbocycles. The molecule has 1 saturated heterocycles. The molecule has 1 heterocycles. The lowest BCUT2D eigenvalue weighted by molar-refractivity contribution is -0.145. The fourth-order valence-corrected chi connectivity index (χ4v) is 4.13. The quantitative estimate of drug-likeness (QED) is 0.901. The van der Waals surface area contributed by atoms with Crippen LogP contribution in [-0.2, 0) is 16.6 Å². The van der Waals surface area contributed by atoms with E-state index < -0.39 is 11.4 Å². The molecule has 1 saturated carbocycles. The molecule has 0 aromatic heterocycles. The Morgan fingerprint density at radius 2 is 1.67 bits per heavy atom. The molecule has 1 aliphatic carbocycles. The maximum absolute atomic E-state index is 11.9. The summed E-state index contributed by atoms with van der Waals surface area (Å²) >= 11 is 0.